The highest BCUT2D eigenvalue weighted by atomic mass is 35.5. The van der Waals surface area contributed by atoms with E-state index in [9.17, 15) is 5.11 Å². The third kappa shape index (κ3) is 1.65. The van der Waals surface area contributed by atoms with Gasteiger partial charge in [-0.15, -0.1) is 0 Å². The fraction of sp³-hybridized carbons (Fsp3) is 0. The first-order valence-corrected chi connectivity index (χ1v) is 5.54. The summed E-state index contributed by atoms with van der Waals surface area (Å²) in [5.41, 5.74) is 2.69. The van der Waals surface area contributed by atoms with Crippen LogP contribution in [0.1, 0.15) is 0 Å². The number of nitrogens with one attached hydrogen (secondary N) is 1. The van der Waals surface area contributed by atoms with E-state index in [0.29, 0.717) is 5.02 Å². The Morgan fingerprint density at radius 1 is 1.18 bits per heavy atom. The van der Waals surface area contributed by atoms with Crippen molar-refractivity contribution >= 4 is 22.6 Å². The van der Waals surface area contributed by atoms with Gasteiger partial charge in [-0.1, -0.05) is 11.6 Å². The van der Waals surface area contributed by atoms with Crippen LogP contribution in [0.3, 0.4) is 0 Å². The number of hydrogen-bond donors (Lipinski definition) is 2. The molecule has 0 aliphatic rings. The second-order valence-electron chi connectivity index (χ2n) is 3.77. The van der Waals surface area contributed by atoms with Gasteiger partial charge in [-0.05, 0) is 30.3 Å². The van der Waals surface area contributed by atoms with Crippen LogP contribution in [-0.4, -0.2) is 15.1 Å². The van der Waals surface area contributed by atoms with E-state index in [4.69, 9.17) is 11.6 Å². The Bertz CT molecular complexity index is 691. The third-order valence-corrected chi connectivity index (χ3v) is 3.01. The second kappa shape index (κ2) is 3.79. The number of benzene rings is 1. The number of halogens is 1. The molecule has 3 nitrogen and oxygen atoms in total. The Morgan fingerprint density at radius 3 is 2.88 bits per heavy atom. The zero-order chi connectivity index (χ0) is 11.8. The zero-order valence-electron chi connectivity index (χ0n) is 8.81. The fourth-order valence-corrected chi connectivity index (χ4v) is 2.18. The molecule has 1 aromatic carbocycles. The van der Waals surface area contributed by atoms with E-state index < -0.39 is 0 Å². The summed E-state index contributed by atoms with van der Waals surface area (Å²) in [7, 11) is 0. The van der Waals surface area contributed by atoms with Crippen molar-refractivity contribution in [3.8, 4) is 16.9 Å². The molecule has 2 N–H and O–H groups in total. The number of pyridine rings is 1. The first kappa shape index (κ1) is 10.2. The quantitative estimate of drug-likeness (QED) is 0.687. The molecular formula is C13H9ClN2O. The summed E-state index contributed by atoms with van der Waals surface area (Å²) in [5, 5.41) is 10.9. The number of aromatic amines is 1. The first-order valence-electron chi connectivity index (χ1n) is 5.17. The molecular weight excluding hydrogens is 236 g/mol. The molecule has 3 aromatic rings. The number of aromatic hydroxyl groups is 1. The van der Waals surface area contributed by atoms with Gasteiger partial charge in [0.2, 0.25) is 0 Å². The number of nitrogens with zero attached hydrogens (tertiary/aromatic N) is 1. The lowest BCUT2D eigenvalue weighted by Gasteiger charge is -2.03. The van der Waals surface area contributed by atoms with Gasteiger partial charge >= 0.3 is 0 Å². The Hall–Kier alpha value is -2.00. The minimum Gasteiger partial charge on any atom is -0.508 e. The molecule has 4 heteroatoms. The van der Waals surface area contributed by atoms with Gasteiger partial charge in [0.1, 0.15) is 11.4 Å². The van der Waals surface area contributed by atoms with E-state index in [2.05, 4.69) is 9.97 Å². The van der Waals surface area contributed by atoms with Crippen molar-refractivity contribution in [2.24, 2.45) is 0 Å². The van der Waals surface area contributed by atoms with Crippen LogP contribution in [-0.2, 0) is 0 Å². The minimum atomic E-state index is 0.164. The molecule has 0 bridgehead atoms. The highest BCUT2D eigenvalue weighted by molar-refractivity contribution is 6.33. The van der Waals surface area contributed by atoms with Crippen molar-refractivity contribution in [3.63, 3.8) is 0 Å². The van der Waals surface area contributed by atoms with Gasteiger partial charge in [0, 0.05) is 28.9 Å². The fourth-order valence-electron chi connectivity index (χ4n) is 1.90. The minimum absolute atomic E-state index is 0.164. The van der Waals surface area contributed by atoms with Crippen molar-refractivity contribution in [1.29, 1.82) is 0 Å². The Labute approximate surface area is 103 Å². The summed E-state index contributed by atoms with van der Waals surface area (Å²) in [4.78, 5) is 7.32. The van der Waals surface area contributed by atoms with E-state index in [1.165, 1.54) is 6.07 Å². The molecule has 0 radical (unpaired) electrons. The Morgan fingerprint density at radius 2 is 2.06 bits per heavy atom. The molecule has 0 fully saturated rings. The normalized spacial score (nSPS) is 10.9. The van der Waals surface area contributed by atoms with E-state index in [1.807, 2.05) is 18.3 Å². The molecule has 0 saturated carbocycles. The topological polar surface area (TPSA) is 48.9 Å². The van der Waals surface area contributed by atoms with Crippen LogP contribution in [0.25, 0.3) is 22.2 Å². The van der Waals surface area contributed by atoms with Crippen molar-refractivity contribution < 1.29 is 5.11 Å². The molecule has 0 atom stereocenters. The molecule has 2 heterocycles. The van der Waals surface area contributed by atoms with Crippen molar-refractivity contribution in [2.45, 2.75) is 0 Å². The summed E-state index contributed by atoms with van der Waals surface area (Å²) >= 11 is 6.13. The van der Waals surface area contributed by atoms with E-state index >= 15 is 0 Å². The third-order valence-electron chi connectivity index (χ3n) is 2.69. The molecule has 17 heavy (non-hydrogen) atoms. The number of fused-ring (bicyclic) bond motifs is 1. The average molecular weight is 245 g/mol. The van der Waals surface area contributed by atoms with E-state index in [1.54, 1.807) is 18.3 Å². The molecule has 0 saturated heterocycles. The van der Waals surface area contributed by atoms with Gasteiger partial charge in [0.25, 0.3) is 0 Å². The first-order chi connectivity index (χ1) is 8.25. The van der Waals surface area contributed by atoms with Gasteiger partial charge in [0.05, 0.1) is 5.02 Å². The zero-order valence-corrected chi connectivity index (χ0v) is 9.57. The van der Waals surface area contributed by atoms with Gasteiger partial charge in [-0.3, -0.25) is 0 Å². The van der Waals surface area contributed by atoms with E-state index in [-0.39, 0.29) is 5.75 Å². The smallest absolute Gasteiger partial charge is 0.137 e. The van der Waals surface area contributed by atoms with Crippen LogP contribution < -0.4 is 0 Å². The lowest BCUT2D eigenvalue weighted by molar-refractivity contribution is 0.475. The van der Waals surface area contributed by atoms with Crippen LogP contribution >= 0.6 is 11.6 Å². The maximum absolute atomic E-state index is 9.34. The predicted octanol–water partition coefficient (Wildman–Crippen LogP) is 3.59. The van der Waals surface area contributed by atoms with Crippen LogP contribution in [0, 0.1) is 0 Å². The molecule has 0 unspecified atom stereocenters. The molecule has 3 rings (SSSR count). The lowest BCUT2D eigenvalue weighted by atomic mass is 10.1. The molecule has 2 aromatic heterocycles. The Kier molecular flexibility index (Phi) is 2.27. The number of aromatic nitrogens is 2. The van der Waals surface area contributed by atoms with Crippen LogP contribution in [0.5, 0.6) is 5.75 Å². The molecule has 0 aliphatic heterocycles. The maximum atomic E-state index is 9.34. The largest absolute Gasteiger partial charge is 0.508 e. The predicted molar refractivity (Wildman–Crippen MR) is 68.2 cm³/mol. The van der Waals surface area contributed by atoms with Crippen molar-refractivity contribution in [3.05, 3.63) is 47.7 Å². The molecule has 0 spiro atoms. The van der Waals surface area contributed by atoms with Crippen LogP contribution in [0.2, 0.25) is 5.02 Å². The SMILES string of the molecule is Oc1ccc(-c2c[nH]c3ncccc23)c(Cl)c1. The van der Waals surface area contributed by atoms with Crippen LogP contribution in [0.4, 0.5) is 0 Å². The highest BCUT2D eigenvalue weighted by Crippen LogP contribution is 2.34. The van der Waals surface area contributed by atoms with Gasteiger partial charge in [0.15, 0.2) is 0 Å². The number of phenols is 1. The highest BCUT2D eigenvalue weighted by Gasteiger charge is 2.09. The summed E-state index contributed by atoms with van der Waals surface area (Å²) in [6.07, 6.45) is 3.61. The second-order valence-corrected chi connectivity index (χ2v) is 4.17. The number of phenolic OH excluding ortho intramolecular Hbond substituents is 1. The van der Waals surface area contributed by atoms with Crippen molar-refractivity contribution in [2.75, 3.05) is 0 Å². The number of H-pyrrole nitrogens is 1. The van der Waals surface area contributed by atoms with Crippen LogP contribution in [0.15, 0.2) is 42.7 Å². The Balaban J connectivity index is 2.27. The van der Waals surface area contributed by atoms with Gasteiger partial charge in [-0.2, -0.15) is 0 Å². The molecule has 0 aliphatic carbocycles. The average Bonchev–Trinajstić information content (AvgIpc) is 2.73. The summed E-state index contributed by atoms with van der Waals surface area (Å²) in [5.74, 6) is 0.164. The summed E-state index contributed by atoms with van der Waals surface area (Å²) in [6, 6.07) is 8.82. The number of hydrogen-bond acceptors (Lipinski definition) is 2. The maximum Gasteiger partial charge on any atom is 0.137 e. The molecule has 84 valence electrons. The molecule has 0 amide bonds. The standard InChI is InChI=1S/C13H9ClN2O/c14-12-6-8(17)3-4-9(12)11-7-16-13-10(11)2-1-5-15-13/h1-7,17H,(H,15,16). The number of rotatable bonds is 1. The van der Waals surface area contributed by atoms with Gasteiger partial charge in [-0.25, -0.2) is 4.98 Å². The lowest BCUT2D eigenvalue weighted by Crippen LogP contribution is -1.78. The van der Waals surface area contributed by atoms with E-state index in [0.717, 1.165) is 22.2 Å². The summed E-state index contributed by atoms with van der Waals surface area (Å²) in [6.45, 7) is 0. The van der Waals surface area contributed by atoms with Crippen molar-refractivity contribution in [1.82, 2.24) is 9.97 Å². The van der Waals surface area contributed by atoms with Gasteiger partial charge < -0.3 is 10.1 Å². The monoisotopic (exact) mass is 244 g/mol. The summed E-state index contributed by atoms with van der Waals surface area (Å²) < 4.78 is 0.